The standard InChI is InChI=1S/Al.Fe.H2O4S.2H2O.3H/c;;1-5(2,3)4;;;;;/h;;(H2,1,2,3,4);2*1H2;;;. The second kappa shape index (κ2) is 11.6. The summed E-state index contributed by atoms with van der Waals surface area (Å²) in [6, 6.07) is 0. The van der Waals surface area contributed by atoms with Crippen molar-refractivity contribution in [1.82, 2.24) is 0 Å². The van der Waals surface area contributed by atoms with Gasteiger partial charge in [0.25, 0.3) is 0 Å². The Labute approximate surface area is 73.4 Å². The molecule has 0 rings (SSSR count). The maximum Gasteiger partial charge on any atom is 0.394 e. The van der Waals surface area contributed by atoms with Crippen LogP contribution in [0.2, 0.25) is 0 Å². The van der Waals surface area contributed by atoms with Gasteiger partial charge in [-0.2, -0.15) is 8.42 Å². The van der Waals surface area contributed by atoms with Crippen LogP contribution in [-0.4, -0.2) is 45.8 Å². The Morgan fingerprint density at radius 3 is 1.00 bits per heavy atom. The van der Waals surface area contributed by atoms with Gasteiger partial charge in [-0.3, -0.25) is 9.11 Å². The van der Waals surface area contributed by atoms with E-state index in [1.807, 2.05) is 0 Å². The van der Waals surface area contributed by atoms with Crippen LogP contribution >= 0.6 is 0 Å². The molecule has 0 unspecified atom stereocenters. The summed E-state index contributed by atoms with van der Waals surface area (Å²) >= 11 is 0. The summed E-state index contributed by atoms with van der Waals surface area (Å²) in [5.41, 5.74) is 0. The Morgan fingerprint density at radius 2 is 1.00 bits per heavy atom. The van der Waals surface area contributed by atoms with Gasteiger partial charge in [0.2, 0.25) is 0 Å². The van der Waals surface area contributed by atoms with Crippen LogP contribution in [0.25, 0.3) is 0 Å². The molecule has 0 heterocycles. The fraction of sp³-hybridized carbons (Fsp3) is 0. The molecule has 6 nitrogen and oxygen atoms in total. The van der Waals surface area contributed by atoms with Gasteiger partial charge in [-0.25, -0.2) is 0 Å². The van der Waals surface area contributed by atoms with Gasteiger partial charge < -0.3 is 11.0 Å². The number of hydrogen-bond donors (Lipinski definition) is 2. The predicted molar refractivity (Wildman–Crippen MR) is 31.3 cm³/mol. The van der Waals surface area contributed by atoms with Crippen molar-refractivity contribution in [3.05, 3.63) is 0 Å². The van der Waals surface area contributed by atoms with Crippen LogP contribution < -0.4 is 0 Å². The zero-order valence-electron chi connectivity index (χ0n) is 3.47. The minimum atomic E-state index is -4.67. The first kappa shape index (κ1) is 32.8. The number of hydrogen-bond acceptors (Lipinski definition) is 2. The van der Waals surface area contributed by atoms with Gasteiger partial charge in [0, 0.05) is 17.1 Å². The Hall–Kier alpha value is 0.842. The predicted octanol–water partition coefficient (Wildman–Crippen LogP) is -3.49. The monoisotopic (exact) mass is 220 g/mol. The first-order chi connectivity index (χ1) is 2.00. The molecule has 0 amide bonds. The summed E-state index contributed by atoms with van der Waals surface area (Å²) in [6.07, 6.45) is 0. The molecule has 6 N–H and O–H groups in total. The van der Waals surface area contributed by atoms with E-state index >= 15 is 0 Å². The summed E-state index contributed by atoms with van der Waals surface area (Å²) in [6.45, 7) is 0. The van der Waals surface area contributed by atoms with Gasteiger partial charge >= 0.3 is 10.4 Å². The Kier molecular flexibility index (Phi) is 42.4. The topological polar surface area (TPSA) is 138 Å². The summed E-state index contributed by atoms with van der Waals surface area (Å²) < 4.78 is 31.6. The van der Waals surface area contributed by atoms with Gasteiger partial charge in [-0.1, -0.05) is 0 Å². The van der Waals surface area contributed by atoms with Gasteiger partial charge in [0.05, 0.1) is 0 Å². The molecule has 0 aliphatic rings. The van der Waals surface area contributed by atoms with Gasteiger partial charge in [0.15, 0.2) is 17.4 Å². The van der Waals surface area contributed by atoms with Crippen molar-refractivity contribution in [2.45, 2.75) is 0 Å². The van der Waals surface area contributed by atoms with Crippen LogP contribution in [0.5, 0.6) is 0 Å². The first-order valence-corrected chi connectivity index (χ1v) is 2.10. The van der Waals surface area contributed by atoms with Gasteiger partial charge in [-0.15, -0.1) is 0 Å². The summed E-state index contributed by atoms with van der Waals surface area (Å²) in [5.74, 6) is 0. The third-order valence-corrected chi connectivity index (χ3v) is 0. The van der Waals surface area contributed by atoms with Crippen molar-refractivity contribution in [3.63, 3.8) is 0 Å². The Balaban J connectivity index is -0.0000000133. The molecule has 0 aliphatic heterocycles. The Morgan fingerprint density at radius 1 is 1.00 bits per heavy atom. The third-order valence-electron chi connectivity index (χ3n) is 0. The van der Waals surface area contributed by atoms with Crippen molar-refractivity contribution in [3.8, 4) is 0 Å². The van der Waals surface area contributed by atoms with Crippen LogP contribution in [0.15, 0.2) is 0 Å². The molecule has 62 valence electrons. The molecule has 0 saturated heterocycles. The summed E-state index contributed by atoms with van der Waals surface area (Å²) in [7, 11) is -4.67. The average Bonchev–Trinajstić information content (AvgIpc) is 0.722. The first-order valence-electron chi connectivity index (χ1n) is 0.698. The maximum atomic E-state index is 8.74. The zero-order valence-corrected chi connectivity index (χ0v) is 5.39. The minimum Gasteiger partial charge on any atom is -0.412 e. The maximum absolute atomic E-state index is 8.74. The van der Waals surface area contributed by atoms with Crippen molar-refractivity contribution >= 4 is 27.8 Å². The smallest absolute Gasteiger partial charge is 0.394 e. The SMILES string of the molecule is O.O.O=S(=O)(O)O.[AlH3].[Fe]. The van der Waals surface area contributed by atoms with Crippen LogP contribution in [-0.2, 0) is 27.5 Å². The van der Waals surface area contributed by atoms with E-state index in [2.05, 4.69) is 0 Å². The fourth-order valence-corrected chi connectivity index (χ4v) is 0. The van der Waals surface area contributed by atoms with Crippen LogP contribution in [0.3, 0.4) is 0 Å². The molecule has 0 saturated carbocycles. The van der Waals surface area contributed by atoms with Crippen LogP contribution in [0.4, 0.5) is 0 Å². The largest absolute Gasteiger partial charge is 0.412 e. The molecular weight excluding hydrogens is 211 g/mol. The Bertz CT molecular complexity index is 96.2. The van der Waals surface area contributed by atoms with Crippen molar-refractivity contribution in [1.29, 1.82) is 0 Å². The normalized spacial score (nSPS) is 6.44. The van der Waals surface area contributed by atoms with Gasteiger partial charge in [0.1, 0.15) is 0 Å². The van der Waals surface area contributed by atoms with Crippen LogP contribution in [0.1, 0.15) is 0 Å². The molecule has 0 spiro atoms. The number of rotatable bonds is 0. The van der Waals surface area contributed by atoms with Crippen LogP contribution in [0, 0.1) is 0 Å². The van der Waals surface area contributed by atoms with E-state index in [0.717, 1.165) is 0 Å². The molecule has 0 radical (unpaired) electrons. The van der Waals surface area contributed by atoms with E-state index in [4.69, 9.17) is 17.5 Å². The second-order valence-electron chi connectivity index (χ2n) is 0.448. The molecule has 9 heteroatoms. The fourth-order valence-electron chi connectivity index (χ4n) is 0. The average molecular weight is 220 g/mol. The molecule has 0 fully saturated rings. The summed E-state index contributed by atoms with van der Waals surface area (Å²) in [4.78, 5) is 0. The van der Waals surface area contributed by atoms with Gasteiger partial charge in [-0.05, 0) is 0 Å². The molecule has 0 aliphatic carbocycles. The molecule has 9 heavy (non-hydrogen) atoms. The molecule has 0 aromatic carbocycles. The van der Waals surface area contributed by atoms with E-state index in [1.165, 1.54) is 0 Å². The van der Waals surface area contributed by atoms with Crippen molar-refractivity contribution < 1.29 is 45.5 Å². The molecule has 0 bridgehead atoms. The van der Waals surface area contributed by atoms with E-state index in [-0.39, 0.29) is 45.4 Å². The zero-order chi connectivity index (χ0) is 4.50. The minimum absolute atomic E-state index is 0. The summed E-state index contributed by atoms with van der Waals surface area (Å²) in [5, 5.41) is 0. The van der Waals surface area contributed by atoms with Crippen molar-refractivity contribution in [2.75, 3.05) is 0 Å². The molecule has 0 aromatic heterocycles. The second-order valence-corrected chi connectivity index (χ2v) is 1.34. The van der Waals surface area contributed by atoms with E-state index in [1.54, 1.807) is 0 Å². The molecular formula is H9AlFeO6S. The molecule has 0 atom stereocenters. The van der Waals surface area contributed by atoms with E-state index in [9.17, 15) is 0 Å². The molecule has 0 aromatic rings. The third kappa shape index (κ3) is 584. The van der Waals surface area contributed by atoms with E-state index < -0.39 is 10.4 Å². The van der Waals surface area contributed by atoms with Crippen molar-refractivity contribution in [2.24, 2.45) is 0 Å². The quantitative estimate of drug-likeness (QED) is 0.323. The van der Waals surface area contributed by atoms with E-state index in [0.29, 0.717) is 0 Å².